The molecule has 0 amide bonds. The monoisotopic (exact) mass is 284 g/mol. The van der Waals surface area contributed by atoms with Crippen molar-refractivity contribution < 1.29 is 0 Å². The Hall–Kier alpha value is 0.430. The third-order valence-electron chi connectivity index (χ3n) is 5.42. The Bertz CT molecular complexity index is 208. The average molecular weight is 284 g/mol. The second kappa shape index (κ2) is 10.2. The average Bonchev–Trinajstić information content (AvgIpc) is 2.45. The second-order valence-electron chi connectivity index (χ2n) is 7.06. The number of hydrogen-bond acceptors (Lipinski definition) is 0. The van der Waals surface area contributed by atoms with Gasteiger partial charge in [0.15, 0.2) is 0 Å². The van der Waals surface area contributed by atoms with Crippen LogP contribution in [0.4, 0.5) is 0 Å². The molecule has 1 heteroatoms. The Balaban J connectivity index is 2.23. The lowest BCUT2D eigenvalue weighted by molar-refractivity contribution is 0.309. The molecule has 0 aromatic rings. The summed E-state index contributed by atoms with van der Waals surface area (Å²) >= 11 is 0. The van der Waals surface area contributed by atoms with Crippen LogP contribution < -0.4 is 0 Å². The Morgan fingerprint density at radius 1 is 1.05 bits per heavy atom. The van der Waals surface area contributed by atoms with E-state index in [1.807, 2.05) is 0 Å². The molecule has 0 aromatic heterocycles. The van der Waals surface area contributed by atoms with Gasteiger partial charge in [0.25, 0.3) is 0 Å². The third kappa shape index (κ3) is 7.12. The van der Waals surface area contributed by atoms with Crippen LogP contribution in [0.5, 0.6) is 0 Å². The van der Waals surface area contributed by atoms with Gasteiger partial charge in [-0.3, -0.25) is 0 Å². The molecule has 0 radical (unpaired) electrons. The summed E-state index contributed by atoms with van der Waals surface area (Å²) in [6, 6.07) is 0. The van der Waals surface area contributed by atoms with Crippen molar-refractivity contribution in [3.8, 4) is 0 Å². The second-order valence-corrected chi connectivity index (χ2v) is 8.38. The van der Waals surface area contributed by atoms with Crippen LogP contribution >= 0.6 is 8.58 Å². The Morgan fingerprint density at radius 3 is 2.32 bits per heavy atom. The van der Waals surface area contributed by atoms with Crippen molar-refractivity contribution in [1.29, 1.82) is 0 Å². The fourth-order valence-electron chi connectivity index (χ4n) is 3.61. The Labute approximate surface area is 124 Å². The van der Waals surface area contributed by atoms with E-state index >= 15 is 0 Å². The van der Waals surface area contributed by atoms with Crippen molar-refractivity contribution in [1.82, 2.24) is 0 Å². The molecule has 4 atom stereocenters. The standard InChI is InChI=1S/C18H37P/c1-5-15(2)10-9-11-16(3)18(19-4)14-17-12-7-6-8-13-17/h15-19H,5-14H2,1-4H3. The zero-order valence-corrected chi connectivity index (χ0v) is 14.9. The molecular formula is C18H37P. The maximum absolute atomic E-state index is 2.53. The molecule has 0 aromatic carbocycles. The van der Waals surface area contributed by atoms with Crippen LogP contribution in [0.2, 0.25) is 0 Å². The Kier molecular flexibility index (Phi) is 9.38. The van der Waals surface area contributed by atoms with Crippen molar-refractivity contribution in [3.05, 3.63) is 0 Å². The van der Waals surface area contributed by atoms with E-state index in [-0.39, 0.29) is 0 Å². The highest BCUT2D eigenvalue weighted by Gasteiger charge is 2.22. The van der Waals surface area contributed by atoms with Gasteiger partial charge >= 0.3 is 0 Å². The van der Waals surface area contributed by atoms with Crippen molar-refractivity contribution in [2.75, 3.05) is 6.66 Å². The minimum absolute atomic E-state index is 0.938. The molecule has 1 aliphatic carbocycles. The Morgan fingerprint density at radius 2 is 1.74 bits per heavy atom. The van der Waals surface area contributed by atoms with Gasteiger partial charge in [-0.2, -0.15) is 0 Å². The fraction of sp³-hybridized carbons (Fsp3) is 1.00. The molecule has 0 heterocycles. The van der Waals surface area contributed by atoms with E-state index in [0.29, 0.717) is 0 Å². The van der Waals surface area contributed by atoms with Crippen LogP contribution in [0, 0.1) is 17.8 Å². The lowest BCUT2D eigenvalue weighted by Gasteiger charge is -2.29. The SMILES string of the molecule is CCC(C)CCCC(C)C(CC1CCCCC1)PC. The van der Waals surface area contributed by atoms with Gasteiger partial charge in [0.05, 0.1) is 0 Å². The van der Waals surface area contributed by atoms with E-state index in [1.165, 1.54) is 57.8 Å². The van der Waals surface area contributed by atoms with Gasteiger partial charge in [-0.15, -0.1) is 8.58 Å². The number of hydrogen-bond donors (Lipinski definition) is 0. The maximum atomic E-state index is 2.53. The van der Waals surface area contributed by atoms with Crippen LogP contribution in [0.1, 0.15) is 85.0 Å². The van der Waals surface area contributed by atoms with Gasteiger partial charge in [-0.1, -0.05) is 78.6 Å². The molecule has 0 aliphatic heterocycles. The van der Waals surface area contributed by atoms with E-state index in [4.69, 9.17) is 0 Å². The normalized spacial score (nSPS) is 22.7. The van der Waals surface area contributed by atoms with Crippen molar-refractivity contribution >= 4 is 8.58 Å². The first-order chi connectivity index (χ1) is 9.17. The van der Waals surface area contributed by atoms with Gasteiger partial charge in [-0.25, -0.2) is 0 Å². The molecule has 0 saturated heterocycles. The summed E-state index contributed by atoms with van der Waals surface area (Å²) in [4.78, 5) is 0. The van der Waals surface area contributed by atoms with E-state index < -0.39 is 0 Å². The van der Waals surface area contributed by atoms with Crippen molar-refractivity contribution in [2.45, 2.75) is 90.6 Å². The van der Waals surface area contributed by atoms with Crippen LogP contribution in [-0.4, -0.2) is 12.3 Å². The zero-order valence-electron chi connectivity index (χ0n) is 13.9. The summed E-state index contributed by atoms with van der Waals surface area (Å²) in [7, 11) is 1.16. The van der Waals surface area contributed by atoms with Crippen molar-refractivity contribution in [2.24, 2.45) is 17.8 Å². The van der Waals surface area contributed by atoms with Gasteiger partial charge in [0.2, 0.25) is 0 Å². The quantitative estimate of drug-likeness (QED) is 0.425. The number of rotatable bonds is 9. The first-order valence-corrected chi connectivity index (χ1v) is 10.4. The topological polar surface area (TPSA) is 0 Å². The molecule has 1 saturated carbocycles. The molecular weight excluding hydrogens is 247 g/mol. The van der Waals surface area contributed by atoms with E-state index in [9.17, 15) is 0 Å². The lowest BCUT2D eigenvalue weighted by atomic mass is 9.83. The predicted molar refractivity (Wildman–Crippen MR) is 91.7 cm³/mol. The largest absolute Gasteiger partial charge is 0.122 e. The molecule has 1 aliphatic rings. The molecule has 1 fully saturated rings. The van der Waals surface area contributed by atoms with Gasteiger partial charge < -0.3 is 0 Å². The van der Waals surface area contributed by atoms with Crippen LogP contribution in [-0.2, 0) is 0 Å². The zero-order chi connectivity index (χ0) is 14.1. The van der Waals surface area contributed by atoms with Crippen LogP contribution in [0.15, 0.2) is 0 Å². The molecule has 0 bridgehead atoms. The highest BCUT2D eigenvalue weighted by atomic mass is 31.1. The smallest absolute Gasteiger partial charge is 0.0211 e. The van der Waals surface area contributed by atoms with Gasteiger partial charge in [0.1, 0.15) is 0 Å². The molecule has 4 unspecified atom stereocenters. The van der Waals surface area contributed by atoms with E-state index in [0.717, 1.165) is 32.0 Å². The van der Waals surface area contributed by atoms with Crippen LogP contribution in [0.25, 0.3) is 0 Å². The first-order valence-electron chi connectivity index (χ1n) is 8.84. The van der Waals surface area contributed by atoms with Crippen LogP contribution in [0.3, 0.4) is 0 Å². The van der Waals surface area contributed by atoms with E-state index in [1.54, 1.807) is 6.42 Å². The summed E-state index contributed by atoms with van der Waals surface area (Å²) in [6.45, 7) is 9.71. The molecule has 1 rings (SSSR count). The summed E-state index contributed by atoms with van der Waals surface area (Å²) in [5.41, 5.74) is 1.03. The molecule has 19 heavy (non-hydrogen) atoms. The minimum atomic E-state index is 0.938. The lowest BCUT2D eigenvalue weighted by Crippen LogP contribution is -2.19. The molecule has 114 valence electrons. The van der Waals surface area contributed by atoms with Gasteiger partial charge in [0, 0.05) is 0 Å². The molecule has 0 N–H and O–H groups in total. The minimum Gasteiger partial charge on any atom is -0.122 e. The highest BCUT2D eigenvalue weighted by molar-refractivity contribution is 7.37. The summed E-state index contributed by atoms with van der Waals surface area (Å²) < 4.78 is 0. The predicted octanol–water partition coefficient (Wildman–Crippen LogP) is 6.49. The highest BCUT2D eigenvalue weighted by Crippen LogP contribution is 2.36. The maximum Gasteiger partial charge on any atom is -0.0211 e. The summed E-state index contributed by atoms with van der Waals surface area (Å²) in [5, 5.41) is 0. The molecule has 0 spiro atoms. The van der Waals surface area contributed by atoms with E-state index in [2.05, 4.69) is 27.4 Å². The first kappa shape index (κ1) is 17.5. The molecule has 0 nitrogen and oxygen atoms in total. The summed E-state index contributed by atoms with van der Waals surface area (Å²) in [6.07, 6.45) is 14.9. The third-order valence-corrected chi connectivity index (χ3v) is 6.97. The fourth-order valence-corrected chi connectivity index (χ4v) is 4.91. The van der Waals surface area contributed by atoms with Gasteiger partial charge in [-0.05, 0) is 36.5 Å². The van der Waals surface area contributed by atoms with Crippen molar-refractivity contribution in [3.63, 3.8) is 0 Å². The summed E-state index contributed by atoms with van der Waals surface area (Å²) in [5.74, 6) is 2.98.